The minimum atomic E-state index is 0.393. The lowest BCUT2D eigenvalue weighted by molar-refractivity contribution is 0.304. The predicted molar refractivity (Wildman–Crippen MR) is 89.5 cm³/mol. The Morgan fingerprint density at radius 2 is 2.04 bits per heavy atom. The number of benzene rings is 1. The maximum Gasteiger partial charge on any atom is 0.164 e. The Morgan fingerprint density at radius 1 is 1.13 bits per heavy atom. The summed E-state index contributed by atoms with van der Waals surface area (Å²) in [6.45, 7) is 7.24. The van der Waals surface area contributed by atoms with E-state index in [-0.39, 0.29) is 0 Å². The van der Waals surface area contributed by atoms with Crippen LogP contribution in [0.3, 0.4) is 0 Å². The molecule has 0 aliphatic heterocycles. The average molecular weight is 329 g/mol. The quantitative estimate of drug-likeness (QED) is 0.489. The number of fused-ring (bicyclic) bond motifs is 1. The van der Waals surface area contributed by atoms with Crippen molar-refractivity contribution in [1.29, 1.82) is 0 Å². The molecule has 0 aliphatic carbocycles. The summed E-state index contributed by atoms with van der Waals surface area (Å²) >= 11 is 5.99. The zero-order chi connectivity index (χ0) is 16.1. The van der Waals surface area contributed by atoms with Crippen molar-refractivity contribution < 1.29 is 4.74 Å². The number of imidazole rings is 1. The lowest BCUT2D eigenvalue weighted by Crippen LogP contribution is -2.01. The van der Waals surface area contributed by atoms with E-state index in [2.05, 4.69) is 15.0 Å². The van der Waals surface area contributed by atoms with Crippen LogP contribution in [0, 0.1) is 6.92 Å². The van der Waals surface area contributed by atoms with Gasteiger partial charge in [-0.1, -0.05) is 23.7 Å². The van der Waals surface area contributed by atoms with Crippen molar-refractivity contribution in [2.24, 2.45) is 0 Å². The highest BCUT2D eigenvalue weighted by Gasteiger charge is 2.07. The van der Waals surface area contributed by atoms with E-state index in [9.17, 15) is 0 Å². The van der Waals surface area contributed by atoms with Crippen LogP contribution in [-0.2, 0) is 6.54 Å². The van der Waals surface area contributed by atoms with Gasteiger partial charge in [-0.25, -0.2) is 15.0 Å². The molecule has 118 valence electrons. The third kappa shape index (κ3) is 3.99. The van der Waals surface area contributed by atoms with Gasteiger partial charge in [0.2, 0.25) is 0 Å². The molecule has 2 aromatic heterocycles. The molecule has 0 saturated carbocycles. The highest BCUT2D eigenvalue weighted by atomic mass is 35.5. The molecule has 23 heavy (non-hydrogen) atoms. The Labute approximate surface area is 140 Å². The molecule has 6 heteroatoms. The molecule has 3 aromatic rings. The van der Waals surface area contributed by atoms with Gasteiger partial charge in [0.05, 0.1) is 12.9 Å². The van der Waals surface area contributed by atoms with Crippen LogP contribution in [0.5, 0.6) is 5.75 Å². The molecular formula is C17H17ClN4O. The van der Waals surface area contributed by atoms with Crippen molar-refractivity contribution in [3.05, 3.63) is 54.6 Å². The standard InChI is InChI=1S/C17H17ClN4O/c1-13-6-5-7-14(10-13)23-9-4-2-3-8-22-12-21-15-16(18)19-11-20-17(15)22/h1,5-7,10-12H,2-4,8-9H2. The molecule has 0 bridgehead atoms. The fourth-order valence-corrected chi connectivity index (χ4v) is 2.55. The van der Waals surface area contributed by atoms with Crippen LogP contribution in [0.4, 0.5) is 0 Å². The largest absolute Gasteiger partial charge is 0.494 e. The number of aromatic nitrogens is 4. The first kappa shape index (κ1) is 15.7. The summed E-state index contributed by atoms with van der Waals surface area (Å²) in [6, 6.07) is 7.48. The van der Waals surface area contributed by atoms with Crippen LogP contribution in [-0.4, -0.2) is 26.1 Å². The number of halogens is 1. The Bertz CT molecular complexity index is 787. The maximum absolute atomic E-state index is 5.99. The van der Waals surface area contributed by atoms with E-state index in [0.29, 0.717) is 17.3 Å². The number of hydrogen-bond donors (Lipinski definition) is 0. The summed E-state index contributed by atoms with van der Waals surface area (Å²) in [5, 5.41) is 0.393. The maximum atomic E-state index is 5.99. The molecule has 0 aliphatic rings. The molecule has 0 unspecified atom stereocenters. The summed E-state index contributed by atoms with van der Waals surface area (Å²) in [6.07, 6.45) is 6.28. The van der Waals surface area contributed by atoms with Crippen molar-refractivity contribution in [2.45, 2.75) is 25.8 Å². The van der Waals surface area contributed by atoms with Gasteiger partial charge in [0.25, 0.3) is 0 Å². The van der Waals surface area contributed by atoms with Gasteiger partial charge in [-0.05, 0) is 43.9 Å². The fraction of sp³-hybridized carbons (Fsp3) is 0.294. The normalized spacial score (nSPS) is 11.0. The molecule has 3 rings (SSSR count). The predicted octanol–water partition coefficient (Wildman–Crippen LogP) is 3.79. The number of unbranched alkanes of at least 4 members (excludes halogenated alkanes) is 2. The minimum Gasteiger partial charge on any atom is -0.494 e. The number of rotatable bonds is 7. The molecule has 2 radical (unpaired) electrons. The van der Waals surface area contributed by atoms with Crippen molar-refractivity contribution in [3.8, 4) is 5.75 Å². The highest BCUT2D eigenvalue weighted by Crippen LogP contribution is 2.17. The average Bonchev–Trinajstić information content (AvgIpc) is 2.95. The van der Waals surface area contributed by atoms with E-state index in [0.717, 1.165) is 42.8 Å². The topological polar surface area (TPSA) is 52.8 Å². The van der Waals surface area contributed by atoms with E-state index in [4.69, 9.17) is 23.3 Å². The minimum absolute atomic E-state index is 0.393. The third-order valence-corrected chi connectivity index (χ3v) is 3.80. The molecule has 2 heterocycles. The molecule has 5 nitrogen and oxygen atoms in total. The second-order valence-electron chi connectivity index (χ2n) is 5.26. The van der Waals surface area contributed by atoms with E-state index < -0.39 is 0 Å². The number of nitrogens with zero attached hydrogens (tertiary/aromatic N) is 4. The Balaban J connectivity index is 1.42. The molecule has 0 N–H and O–H groups in total. The van der Waals surface area contributed by atoms with Crippen LogP contribution < -0.4 is 4.74 Å². The molecule has 0 saturated heterocycles. The molecule has 0 amide bonds. The zero-order valence-electron chi connectivity index (χ0n) is 12.7. The SMILES string of the molecule is [CH]c1cccc(OCCCCCn2cnc3c(Cl)ncnc32)c1. The summed E-state index contributed by atoms with van der Waals surface area (Å²) in [7, 11) is 0. The van der Waals surface area contributed by atoms with Gasteiger partial charge in [-0.3, -0.25) is 0 Å². The van der Waals surface area contributed by atoms with Crippen LogP contribution >= 0.6 is 11.6 Å². The van der Waals surface area contributed by atoms with Gasteiger partial charge < -0.3 is 9.30 Å². The second-order valence-corrected chi connectivity index (χ2v) is 5.61. The molecule has 0 fully saturated rings. The van der Waals surface area contributed by atoms with Crippen molar-refractivity contribution in [1.82, 2.24) is 19.5 Å². The van der Waals surface area contributed by atoms with Gasteiger partial charge in [0.1, 0.15) is 17.6 Å². The van der Waals surface area contributed by atoms with Crippen LogP contribution in [0.25, 0.3) is 11.2 Å². The van der Waals surface area contributed by atoms with E-state index >= 15 is 0 Å². The molecular weight excluding hydrogens is 312 g/mol. The van der Waals surface area contributed by atoms with Crippen molar-refractivity contribution in [2.75, 3.05) is 6.61 Å². The summed E-state index contributed by atoms with van der Waals surface area (Å²) in [5.41, 5.74) is 2.15. The van der Waals surface area contributed by atoms with E-state index in [1.54, 1.807) is 6.33 Å². The van der Waals surface area contributed by atoms with Crippen LogP contribution in [0.2, 0.25) is 5.15 Å². The number of hydrogen-bond acceptors (Lipinski definition) is 4. The Hall–Kier alpha value is -2.14. The van der Waals surface area contributed by atoms with Gasteiger partial charge in [-0.15, -0.1) is 0 Å². The van der Waals surface area contributed by atoms with Gasteiger partial charge in [-0.2, -0.15) is 0 Å². The first-order valence-corrected chi connectivity index (χ1v) is 7.91. The lowest BCUT2D eigenvalue weighted by atomic mass is 10.2. The fourth-order valence-electron chi connectivity index (χ4n) is 2.37. The Morgan fingerprint density at radius 3 is 2.91 bits per heavy atom. The van der Waals surface area contributed by atoms with Crippen LogP contribution in [0.15, 0.2) is 36.9 Å². The van der Waals surface area contributed by atoms with E-state index in [1.165, 1.54) is 6.33 Å². The van der Waals surface area contributed by atoms with Crippen LogP contribution in [0.1, 0.15) is 24.8 Å². The van der Waals surface area contributed by atoms with Crippen molar-refractivity contribution >= 4 is 22.8 Å². The highest BCUT2D eigenvalue weighted by molar-refractivity contribution is 6.33. The Kier molecular flexibility index (Phi) is 5.08. The smallest absolute Gasteiger partial charge is 0.164 e. The van der Waals surface area contributed by atoms with Crippen molar-refractivity contribution in [3.63, 3.8) is 0 Å². The number of aryl methyl sites for hydroxylation is 1. The molecule has 0 atom stereocenters. The van der Waals surface area contributed by atoms with Gasteiger partial charge >= 0.3 is 0 Å². The lowest BCUT2D eigenvalue weighted by Gasteiger charge is -2.07. The van der Waals surface area contributed by atoms with Gasteiger partial charge in [0, 0.05) is 6.54 Å². The summed E-state index contributed by atoms with van der Waals surface area (Å²) in [5.74, 6) is 0.817. The monoisotopic (exact) mass is 328 g/mol. The second kappa shape index (κ2) is 7.42. The number of ether oxygens (including phenoxy) is 1. The molecule has 0 spiro atoms. The van der Waals surface area contributed by atoms with Gasteiger partial charge in [0.15, 0.2) is 10.8 Å². The first-order valence-electron chi connectivity index (χ1n) is 7.54. The third-order valence-electron chi connectivity index (χ3n) is 3.53. The summed E-state index contributed by atoms with van der Waals surface area (Å²) in [4.78, 5) is 12.4. The molecule has 1 aromatic carbocycles. The first-order chi connectivity index (χ1) is 11.2. The zero-order valence-corrected chi connectivity index (χ0v) is 13.4. The summed E-state index contributed by atoms with van der Waals surface area (Å²) < 4.78 is 7.67. The van der Waals surface area contributed by atoms with E-state index in [1.807, 2.05) is 28.8 Å².